The highest BCUT2D eigenvalue weighted by molar-refractivity contribution is 6.52. The number of hydrogen-bond acceptors (Lipinski definition) is 2. The molecule has 0 saturated heterocycles. The van der Waals surface area contributed by atoms with Crippen LogP contribution in [0.3, 0.4) is 0 Å². The molecule has 0 amide bonds. The van der Waals surface area contributed by atoms with Gasteiger partial charge in [0.2, 0.25) is 5.82 Å². The van der Waals surface area contributed by atoms with Crippen molar-refractivity contribution in [3.8, 4) is 33.9 Å². The normalized spacial score (nSPS) is 14.3. The molecule has 1 unspecified atom stereocenters. The van der Waals surface area contributed by atoms with E-state index in [-0.39, 0.29) is 6.17 Å². The quantitative estimate of drug-likeness (QED) is 0.170. The van der Waals surface area contributed by atoms with Gasteiger partial charge in [0.25, 0.3) is 5.71 Å². The molecule has 8 rings (SSSR count). The summed E-state index contributed by atoms with van der Waals surface area (Å²) in [6, 6.07) is 63.2. The summed E-state index contributed by atoms with van der Waals surface area (Å²) in [6.07, 6.45) is -0.352. The molecule has 0 fully saturated rings. The molecule has 4 nitrogen and oxygen atoms in total. The summed E-state index contributed by atoms with van der Waals surface area (Å²) in [5.74, 6) is 0.845. The van der Waals surface area contributed by atoms with Gasteiger partial charge in [-0.25, -0.2) is 9.98 Å². The summed E-state index contributed by atoms with van der Waals surface area (Å²) in [5.41, 5.74) is 10.3. The second-order valence-electron chi connectivity index (χ2n) is 11.2. The van der Waals surface area contributed by atoms with E-state index in [0.717, 1.165) is 62.0 Å². The lowest BCUT2D eigenvalue weighted by molar-refractivity contribution is -0.617. The first-order valence-electron chi connectivity index (χ1n) is 15.6. The number of benzene rings is 6. The van der Waals surface area contributed by atoms with E-state index in [2.05, 4.69) is 179 Å². The van der Waals surface area contributed by atoms with Crippen LogP contribution in [0.2, 0.25) is 0 Å². The molecule has 0 aliphatic carbocycles. The molecule has 1 atom stereocenters. The van der Waals surface area contributed by atoms with Crippen molar-refractivity contribution in [1.82, 2.24) is 9.66 Å². The molecule has 0 bridgehead atoms. The van der Waals surface area contributed by atoms with Gasteiger partial charge in [0.1, 0.15) is 17.1 Å². The minimum atomic E-state index is -0.352. The Balaban J connectivity index is 1.55. The molecule has 1 aromatic heterocycles. The largest absolute Gasteiger partial charge is 0.302 e. The first kappa shape index (κ1) is 27.4. The maximum atomic E-state index is 5.55. The van der Waals surface area contributed by atoms with Crippen LogP contribution in [0.15, 0.2) is 187 Å². The van der Waals surface area contributed by atoms with E-state index in [4.69, 9.17) is 9.98 Å². The van der Waals surface area contributed by atoms with E-state index in [1.807, 2.05) is 12.1 Å². The van der Waals surface area contributed by atoms with Crippen LogP contribution in [0, 0.1) is 0 Å². The Bertz CT molecular complexity index is 2150. The van der Waals surface area contributed by atoms with Crippen molar-refractivity contribution in [2.24, 2.45) is 4.99 Å². The van der Waals surface area contributed by atoms with Gasteiger partial charge in [-0.2, -0.15) is 0 Å². The summed E-state index contributed by atoms with van der Waals surface area (Å²) in [6.45, 7) is 0. The second kappa shape index (κ2) is 12.1. The van der Waals surface area contributed by atoms with E-state index < -0.39 is 0 Å². The standard InChI is InChI=1S/C42H31N4/c1-7-19-31(20-8-1)37-39(33-23-11-3-12-24-33)45(41(43-37)35-27-15-5-16-28-35)46-40(34-25-13-4-14-26-34)38(32-21-9-2-10-22-32)44-42(46)36-29-17-6-18-30-36/h1-30,41H/q+1. The van der Waals surface area contributed by atoms with Gasteiger partial charge in [0.05, 0.1) is 5.56 Å². The first-order valence-corrected chi connectivity index (χ1v) is 15.6. The van der Waals surface area contributed by atoms with E-state index >= 15 is 0 Å². The zero-order chi connectivity index (χ0) is 30.7. The Morgan fingerprint density at radius 1 is 0.435 bits per heavy atom. The van der Waals surface area contributed by atoms with E-state index in [1.165, 1.54) is 0 Å². The predicted molar refractivity (Wildman–Crippen MR) is 187 cm³/mol. The van der Waals surface area contributed by atoms with E-state index in [9.17, 15) is 0 Å². The molecule has 1 aliphatic heterocycles. The molecule has 2 heterocycles. The fourth-order valence-electron chi connectivity index (χ4n) is 6.24. The fourth-order valence-corrected chi connectivity index (χ4v) is 6.24. The Hall–Kier alpha value is -6.13. The average Bonchev–Trinajstić information content (AvgIpc) is 3.74. The van der Waals surface area contributed by atoms with Crippen LogP contribution < -0.4 is 0 Å². The molecule has 1 aliphatic rings. The van der Waals surface area contributed by atoms with Crippen LogP contribution in [0.1, 0.15) is 22.9 Å². The number of rotatable bonds is 7. The van der Waals surface area contributed by atoms with Crippen LogP contribution in [0.25, 0.3) is 33.9 Å². The Kier molecular flexibility index (Phi) is 7.21. The summed E-state index contributed by atoms with van der Waals surface area (Å²) >= 11 is 0. The van der Waals surface area contributed by atoms with Crippen LogP contribution in [0.5, 0.6) is 0 Å². The molecule has 0 radical (unpaired) electrons. The van der Waals surface area contributed by atoms with Gasteiger partial charge in [0, 0.05) is 27.8 Å². The summed E-state index contributed by atoms with van der Waals surface area (Å²) in [4.78, 5) is 11.0. The predicted octanol–water partition coefficient (Wildman–Crippen LogP) is 9.35. The highest BCUT2D eigenvalue weighted by Crippen LogP contribution is 2.40. The summed E-state index contributed by atoms with van der Waals surface area (Å²) in [5, 5.41) is 0. The second-order valence-corrected chi connectivity index (χ2v) is 11.2. The summed E-state index contributed by atoms with van der Waals surface area (Å²) < 4.78 is 4.67. The zero-order valence-corrected chi connectivity index (χ0v) is 25.2. The fraction of sp³-hybridized carbons (Fsp3) is 0.0238. The van der Waals surface area contributed by atoms with Crippen molar-refractivity contribution < 1.29 is 4.68 Å². The van der Waals surface area contributed by atoms with Gasteiger partial charge in [0.15, 0.2) is 0 Å². The van der Waals surface area contributed by atoms with Crippen molar-refractivity contribution in [3.05, 3.63) is 199 Å². The number of hydrogen-bond donors (Lipinski definition) is 0. The van der Waals surface area contributed by atoms with Gasteiger partial charge < -0.3 is 0 Å². The van der Waals surface area contributed by atoms with Gasteiger partial charge >= 0.3 is 6.17 Å². The van der Waals surface area contributed by atoms with E-state index in [0.29, 0.717) is 0 Å². The third-order valence-corrected chi connectivity index (χ3v) is 8.32. The van der Waals surface area contributed by atoms with Gasteiger partial charge in [-0.05, 0) is 12.1 Å². The average molecular weight is 592 g/mol. The van der Waals surface area contributed by atoms with E-state index in [1.54, 1.807) is 0 Å². The van der Waals surface area contributed by atoms with Crippen molar-refractivity contribution >= 4 is 11.4 Å². The summed E-state index contributed by atoms with van der Waals surface area (Å²) in [7, 11) is 0. The minimum Gasteiger partial charge on any atom is -0.222 e. The van der Waals surface area contributed by atoms with Crippen molar-refractivity contribution in [1.29, 1.82) is 0 Å². The van der Waals surface area contributed by atoms with Gasteiger partial charge in [-0.3, -0.25) is 0 Å². The maximum absolute atomic E-state index is 5.55. The van der Waals surface area contributed by atoms with Crippen LogP contribution >= 0.6 is 0 Å². The topological polar surface area (TPSA) is 33.2 Å². The smallest absolute Gasteiger partial charge is 0.222 e. The Morgan fingerprint density at radius 2 is 0.870 bits per heavy atom. The lowest BCUT2D eigenvalue weighted by Gasteiger charge is -2.15. The van der Waals surface area contributed by atoms with Crippen LogP contribution in [-0.4, -0.2) is 25.8 Å². The van der Waals surface area contributed by atoms with Crippen LogP contribution in [-0.2, 0) is 0 Å². The SMILES string of the molecule is c1ccc(C2=NC(c3ccccc3)[N+](n3c(-c4ccccc4)nc(-c4ccccc4)c3-c3ccccc3)=C2c2ccccc2)cc1. The molecule has 6 aromatic carbocycles. The third-order valence-electron chi connectivity index (χ3n) is 8.32. The number of imidazole rings is 1. The van der Waals surface area contributed by atoms with Crippen molar-refractivity contribution in [2.75, 3.05) is 0 Å². The Morgan fingerprint density at radius 3 is 1.41 bits per heavy atom. The Labute approximate surface area is 268 Å². The molecule has 46 heavy (non-hydrogen) atoms. The zero-order valence-electron chi connectivity index (χ0n) is 25.2. The molecule has 0 saturated carbocycles. The molecular formula is C42H31N4+. The van der Waals surface area contributed by atoms with Crippen LogP contribution in [0.4, 0.5) is 0 Å². The first-order chi connectivity index (χ1) is 22.9. The maximum Gasteiger partial charge on any atom is 0.302 e. The molecular weight excluding hydrogens is 560 g/mol. The lowest BCUT2D eigenvalue weighted by Crippen LogP contribution is -2.30. The number of aliphatic imine (C=N–C) groups is 1. The number of nitrogens with zero attached hydrogens (tertiary/aromatic N) is 4. The highest BCUT2D eigenvalue weighted by atomic mass is 15.6. The van der Waals surface area contributed by atoms with Gasteiger partial charge in [-0.15, -0.1) is 0 Å². The molecule has 0 spiro atoms. The third kappa shape index (κ3) is 4.96. The number of aromatic nitrogens is 2. The van der Waals surface area contributed by atoms with Crippen molar-refractivity contribution in [3.63, 3.8) is 0 Å². The molecule has 0 N–H and O–H groups in total. The molecule has 218 valence electrons. The monoisotopic (exact) mass is 591 g/mol. The molecule has 7 aromatic rings. The minimum absolute atomic E-state index is 0.352. The molecule has 4 heteroatoms. The van der Waals surface area contributed by atoms with Crippen molar-refractivity contribution in [2.45, 2.75) is 6.17 Å². The van der Waals surface area contributed by atoms with Gasteiger partial charge in [-0.1, -0.05) is 179 Å². The highest BCUT2D eigenvalue weighted by Gasteiger charge is 2.43. The lowest BCUT2D eigenvalue weighted by atomic mass is 10.00.